The van der Waals surface area contributed by atoms with E-state index in [0.29, 0.717) is 5.92 Å². The molecular formula is C12H19N3. The van der Waals surface area contributed by atoms with E-state index in [1.54, 1.807) is 0 Å². The van der Waals surface area contributed by atoms with Gasteiger partial charge in [0.05, 0.1) is 17.6 Å². The van der Waals surface area contributed by atoms with Gasteiger partial charge in [0.15, 0.2) is 5.65 Å². The molecule has 2 aromatic heterocycles. The van der Waals surface area contributed by atoms with Crippen LogP contribution in [0.2, 0.25) is 0 Å². The maximum Gasteiger partial charge on any atom is 0.153 e. The van der Waals surface area contributed by atoms with Gasteiger partial charge >= 0.3 is 0 Å². The van der Waals surface area contributed by atoms with Crippen LogP contribution < -0.4 is 0 Å². The molecule has 0 saturated carbocycles. The van der Waals surface area contributed by atoms with Crippen molar-refractivity contribution in [1.29, 1.82) is 0 Å². The summed E-state index contributed by atoms with van der Waals surface area (Å²) in [4.78, 5) is 4.22. The Morgan fingerprint density at radius 3 is 2.47 bits per heavy atom. The third-order valence-corrected chi connectivity index (χ3v) is 2.14. The predicted octanol–water partition coefficient (Wildman–Crippen LogP) is 3.19. The molecule has 0 fully saturated rings. The first kappa shape index (κ1) is 11.7. The molecule has 2 aromatic rings. The average molecular weight is 205 g/mol. The number of aryl methyl sites for hydroxylation is 1. The van der Waals surface area contributed by atoms with E-state index in [9.17, 15) is 0 Å². The molecule has 0 aromatic carbocycles. The molecule has 2 rings (SSSR count). The smallest absolute Gasteiger partial charge is 0.153 e. The summed E-state index contributed by atoms with van der Waals surface area (Å²) in [6.45, 7) is 10.3. The first-order valence-corrected chi connectivity index (χ1v) is 5.50. The molecule has 82 valence electrons. The first-order valence-electron chi connectivity index (χ1n) is 5.50. The van der Waals surface area contributed by atoms with Gasteiger partial charge in [-0.25, -0.2) is 9.50 Å². The number of rotatable bonds is 1. The number of nitrogens with zero attached hydrogens (tertiary/aromatic N) is 3. The Morgan fingerprint density at radius 2 is 1.87 bits per heavy atom. The maximum absolute atomic E-state index is 4.49. The number of fused-ring (bicyclic) bond motifs is 1. The minimum absolute atomic E-state index is 0.464. The molecule has 0 saturated heterocycles. The Kier molecular flexibility index (Phi) is 3.83. The van der Waals surface area contributed by atoms with Gasteiger partial charge < -0.3 is 0 Å². The van der Waals surface area contributed by atoms with Crippen LogP contribution in [0.15, 0.2) is 18.3 Å². The zero-order chi connectivity index (χ0) is 11.4. The lowest BCUT2D eigenvalue weighted by atomic mass is 10.1. The zero-order valence-electron chi connectivity index (χ0n) is 10.2. The summed E-state index contributed by atoms with van der Waals surface area (Å²) in [5.41, 5.74) is 3.10. The van der Waals surface area contributed by atoms with E-state index < -0.39 is 0 Å². The van der Waals surface area contributed by atoms with Crippen molar-refractivity contribution in [2.24, 2.45) is 0 Å². The van der Waals surface area contributed by atoms with Crippen LogP contribution in [0.4, 0.5) is 0 Å². The summed E-state index contributed by atoms with van der Waals surface area (Å²) < 4.78 is 1.88. The second-order valence-corrected chi connectivity index (χ2v) is 3.58. The van der Waals surface area contributed by atoms with Crippen molar-refractivity contribution < 1.29 is 0 Å². The monoisotopic (exact) mass is 205 g/mol. The molecule has 3 heteroatoms. The van der Waals surface area contributed by atoms with Crippen molar-refractivity contribution in [1.82, 2.24) is 14.6 Å². The quantitative estimate of drug-likeness (QED) is 0.715. The summed E-state index contributed by atoms with van der Waals surface area (Å²) in [5, 5.41) is 4.49. The van der Waals surface area contributed by atoms with E-state index in [4.69, 9.17) is 0 Å². The van der Waals surface area contributed by atoms with Crippen LogP contribution in [-0.4, -0.2) is 14.6 Å². The normalized spacial score (nSPS) is 10.3. The number of imidazole rings is 1. The van der Waals surface area contributed by atoms with E-state index >= 15 is 0 Å². The summed E-state index contributed by atoms with van der Waals surface area (Å²) in [5.74, 6) is 0.464. The first-order chi connectivity index (χ1) is 7.18. The zero-order valence-corrected chi connectivity index (χ0v) is 10.2. The predicted molar refractivity (Wildman–Crippen MR) is 63.2 cm³/mol. The molecular weight excluding hydrogens is 186 g/mol. The van der Waals surface area contributed by atoms with Crippen LogP contribution >= 0.6 is 0 Å². The molecule has 0 unspecified atom stereocenters. The largest absolute Gasteiger partial charge is 0.235 e. The fraction of sp³-hybridized carbons (Fsp3) is 0.500. The van der Waals surface area contributed by atoms with Crippen molar-refractivity contribution in [3.63, 3.8) is 0 Å². The van der Waals surface area contributed by atoms with E-state index in [1.165, 1.54) is 0 Å². The maximum atomic E-state index is 4.49. The molecule has 0 radical (unpaired) electrons. The van der Waals surface area contributed by atoms with Crippen molar-refractivity contribution in [2.45, 2.75) is 40.5 Å². The Bertz CT molecular complexity index is 429. The molecule has 0 aliphatic carbocycles. The van der Waals surface area contributed by atoms with Crippen LogP contribution in [0.5, 0.6) is 0 Å². The molecule has 3 nitrogen and oxygen atoms in total. The van der Waals surface area contributed by atoms with Gasteiger partial charge in [0, 0.05) is 0 Å². The second kappa shape index (κ2) is 4.91. The second-order valence-electron chi connectivity index (χ2n) is 3.58. The Balaban J connectivity index is 0.000000531. The summed E-state index contributed by atoms with van der Waals surface area (Å²) in [6, 6.07) is 4.04. The molecule has 0 amide bonds. The highest BCUT2D eigenvalue weighted by Crippen LogP contribution is 2.12. The lowest BCUT2D eigenvalue weighted by Gasteiger charge is -2.04. The van der Waals surface area contributed by atoms with E-state index in [-0.39, 0.29) is 0 Å². The molecule has 15 heavy (non-hydrogen) atoms. The SMILES string of the molecule is CC.Cc1cnc2ccc(C(C)C)nn12. The van der Waals surface area contributed by atoms with Gasteiger partial charge in [-0.15, -0.1) is 0 Å². The fourth-order valence-electron chi connectivity index (χ4n) is 1.31. The van der Waals surface area contributed by atoms with Gasteiger partial charge in [-0.05, 0) is 25.0 Å². The number of hydrogen-bond donors (Lipinski definition) is 0. The van der Waals surface area contributed by atoms with Crippen molar-refractivity contribution in [3.05, 3.63) is 29.7 Å². The lowest BCUT2D eigenvalue weighted by Crippen LogP contribution is -2.00. The van der Waals surface area contributed by atoms with Crippen molar-refractivity contribution >= 4 is 5.65 Å². The topological polar surface area (TPSA) is 30.2 Å². The van der Waals surface area contributed by atoms with E-state index in [0.717, 1.165) is 17.0 Å². The molecule has 0 aliphatic rings. The van der Waals surface area contributed by atoms with Gasteiger partial charge in [-0.1, -0.05) is 27.7 Å². The van der Waals surface area contributed by atoms with Gasteiger partial charge in [0.25, 0.3) is 0 Å². The molecule has 0 aliphatic heterocycles. The number of hydrogen-bond acceptors (Lipinski definition) is 2. The van der Waals surface area contributed by atoms with Crippen LogP contribution in [0.3, 0.4) is 0 Å². The Labute approximate surface area is 91.2 Å². The third-order valence-electron chi connectivity index (χ3n) is 2.14. The minimum atomic E-state index is 0.464. The van der Waals surface area contributed by atoms with Crippen LogP contribution in [0.1, 0.15) is 45.0 Å². The van der Waals surface area contributed by atoms with Gasteiger partial charge in [0.1, 0.15) is 0 Å². The van der Waals surface area contributed by atoms with Crippen LogP contribution in [0, 0.1) is 6.92 Å². The highest BCUT2D eigenvalue weighted by atomic mass is 15.3. The van der Waals surface area contributed by atoms with Crippen molar-refractivity contribution in [2.75, 3.05) is 0 Å². The fourth-order valence-corrected chi connectivity index (χ4v) is 1.31. The third kappa shape index (κ3) is 2.35. The van der Waals surface area contributed by atoms with Gasteiger partial charge in [-0.2, -0.15) is 5.10 Å². The molecule has 0 bridgehead atoms. The minimum Gasteiger partial charge on any atom is -0.235 e. The standard InChI is InChI=1S/C10H13N3.C2H6/c1-7(2)9-4-5-10-11-6-8(3)13(10)12-9;1-2/h4-7H,1-3H3;1-2H3. The van der Waals surface area contributed by atoms with Crippen molar-refractivity contribution in [3.8, 4) is 0 Å². The summed E-state index contributed by atoms with van der Waals surface area (Å²) in [6.07, 6.45) is 1.84. The van der Waals surface area contributed by atoms with E-state index in [2.05, 4.69) is 23.9 Å². The summed E-state index contributed by atoms with van der Waals surface area (Å²) >= 11 is 0. The van der Waals surface area contributed by atoms with E-state index in [1.807, 2.05) is 43.6 Å². The van der Waals surface area contributed by atoms with Crippen LogP contribution in [-0.2, 0) is 0 Å². The highest BCUT2D eigenvalue weighted by molar-refractivity contribution is 5.38. The molecule has 0 spiro atoms. The summed E-state index contributed by atoms with van der Waals surface area (Å²) in [7, 11) is 0. The lowest BCUT2D eigenvalue weighted by molar-refractivity contribution is 0.755. The average Bonchev–Trinajstić information content (AvgIpc) is 2.63. The molecule has 2 heterocycles. The van der Waals surface area contributed by atoms with Gasteiger partial charge in [0.2, 0.25) is 0 Å². The number of aromatic nitrogens is 3. The molecule has 0 N–H and O–H groups in total. The Hall–Kier alpha value is -1.38. The molecule has 0 atom stereocenters. The Morgan fingerprint density at radius 1 is 1.20 bits per heavy atom. The van der Waals surface area contributed by atoms with Gasteiger partial charge in [-0.3, -0.25) is 0 Å². The highest BCUT2D eigenvalue weighted by Gasteiger charge is 2.04. The van der Waals surface area contributed by atoms with Crippen LogP contribution in [0.25, 0.3) is 5.65 Å².